The number of hydrogen-bond donors (Lipinski definition) is 1. The molecule has 194 valence electrons. The van der Waals surface area contributed by atoms with Gasteiger partial charge in [-0.3, -0.25) is 0 Å². The summed E-state index contributed by atoms with van der Waals surface area (Å²) in [7, 11) is 0. The molecular formula is C29H48ClNO3. The average molecular weight is 494 g/mol. The lowest BCUT2D eigenvalue weighted by Gasteiger charge is -2.06. The summed E-state index contributed by atoms with van der Waals surface area (Å²) >= 11 is 0. The van der Waals surface area contributed by atoms with Crippen molar-refractivity contribution in [3.8, 4) is 5.75 Å². The first kappa shape index (κ1) is 30.5. The maximum Gasteiger partial charge on any atom is 0.362 e. The van der Waals surface area contributed by atoms with Crippen LogP contribution >= 0.6 is 0 Å². The summed E-state index contributed by atoms with van der Waals surface area (Å²) in [6, 6.07) is 8.22. The van der Waals surface area contributed by atoms with Crippen molar-refractivity contribution >= 4 is 12.0 Å². The molecule has 0 unspecified atom stereocenters. The van der Waals surface area contributed by atoms with Gasteiger partial charge in [-0.15, -0.1) is 0 Å². The number of benzene rings is 1. The summed E-state index contributed by atoms with van der Waals surface area (Å²) < 4.78 is 13.6. The van der Waals surface area contributed by atoms with E-state index >= 15 is 0 Å². The number of aliphatic hydroxyl groups is 1. The van der Waals surface area contributed by atoms with E-state index in [0.717, 1.165) is 36.8 Å². The van der Waals surface area contributed by atoms with Gasteiger partial charge in [-0.2, -0.15) is 4.58 Å². The molecule has 4 nitrogen and oxygen atoms in total. The zero-order chi connectivity index (χ0) is 23.4. The standard InChI is InChI=1S/C29H48NO3.ClH/c1-2-3-4-5-6-7-8-9-10-11-12-13-14-15-25-32-28-19-16-27(17-20-28)18-21-29-30(22-24-31)23-26-33-29;/h16-21,31H,2-15,22-26H2,1H3;1H/q+1;/p-1/b21-18+;. The van der Waals surface area contributed by atoms with E-state index in [-0.39, 0.29) is 19.0 Å². The molecule has 0 aliphatic carbocycles. The topological polar surface area (TPSA) is 41.7 Å². The van der Waals surface area contributed by atoms with Gasteiger partial charge in [0, 0.05) is 0 Å². The van der Waals surface area contributed by atoms with Gasteiger partial charge < -0.3 is 27.0 Å². The Labute approximate surface area is 214 Å². The first-order valence-electron chi connectivity index (χ1n) is 13.6. The van der Waals surface area contributed by atoms with Gasteiger partial charge in [-0.1, -0.05) is 103 Å². The molecule has 1 aliphatic heterocycles. The molecule has 0 bridgehead atoms. The van der Waals surface area contributed by atoms with Crippen molar-refractivity contribution in [3.63, 3.8) is 0 Å². The summed E-state index contributed by atoms with van der Waals surface area (Å²) in [6.07, 6.45) is 23.3. The Hall–Kier alpha value is -1.52. The van der Waals surface area contributed by atoms with Gasteiger partial charge >= 0.3 is 5.90 Å². The highest BCUT2D eigenvalue weighted by atomic mass is 35.5. The predicted molar refractivity (Wildman–Crippen MR) is 139 cm³/mol. The van der Waals surface area contributed by atoms with Gasteiger partial charge in [0.15, 0.2) is 19.7 Å². The maximum absolute atomic E-state index is 9.12. The SMILES string of the molecule is CCCCCCCCCCCCCCCCOc1ccc(/C=C/C2=[N+](CCO)CCO2)cc1.[Cl-]. The van der Waals surface area contributed by atoms with Gasteiger partial charge in [0.2, 0.25) is 0 Å². The number of aliphatic hydroxyl groups excluding tert-OH is 1. The lowest BCUT2D eigenvalue weighted by Crippen LogP contribution is -3.00. The summed E-state index contributed by atoms with van der Waals surface area (Å²) in [4.78, 5) is 0. The summed E-state index contributed by atoms with van der Waals surface area (Å²) in [5.41, 5.74) is 1.12. The van der Waals surface area contributed by atoms with Crippen molar-refractivity contribution in [2.75, 3.05) is 32.9 Å². The summed E-state index contributed by atoms with van der Waals surface area (Å²) in [5.74, 6) is 1.77. The Morgan fingerprint density at radius 2 is 1.38 bits per heavy atom. The largest absolute Gasteiger partial charge is 1.00 e. The Bertz CT molecular complexity index is 672. The van der Waals surface area contributed by atoms with Gasteiger partial charge in [0.05, 0.1) is 12.7 Å². The molecule has 1 heterocycles. The molecule has 1 N–H and O–H groups in total. The molecule has 0 atom stereocenters. The third kappa shape index (κ3) is 14.0. The van der Waals surface area contributed by atoms with E-state index < -0.39 is 0 Å². The fourth-order valence-corrected chi connectivity index (χ4v) is 4.29. The number of hydrogen-bond acceptors (Lipinski definition) is 3. The summed E-state index contributed by atoms with van der Waals surface area (Å²) in [5, 5.41) is 9.12. The van der Waals surface area contributed by atoms with Crippen LogP contribution in [0, 0.1) is 0 Å². The molecule has 5 heteroatoms. The molecule has 34 heavy (non-hydrogen) atoms. The smallest absolute Gasteiger partial charge is 0.362 e. The van der Waals surface area contributed by atoms with Crippen molar-refractivity contribution < 1.29 is 31.6 Å². The zero-order valence-corrected chi connectivity index (χ0v) is 22.2. The Morgan fingerprint density at radius 3 is 1.94 bits per heavy atom. The fraction of sp³-hybridized carbons (Fsp3) is 0.690. The van der Waals surface area contributed by atoms with Crippen LogP contribution in [0.25, 0.3) is 6.08 Å². The fourth-order valence-electron chi connectivity index (χ4n) is 4.29. The number of ether oxygens (including phenoxy) is 2. The second-order valence-corrected chi connectivity index (χ2v) is 9.24. The predicted octanol–water partition coefficient (Wildman–Crippen LogP) is 4.00. The van der Waals surface area contributed by atoms with Crippen molar-refractivity contribution in [2.45, 2.75) is 96.8 Å². The van der Waals surface area contributed by atoms with Crippen molar-refractivity contribution in [1.29, 1.82) is 0 Å². The first-order chi connectivity index (χ1) is 16.3. The number of halogens is 1. The van der Waals surface area contributed by atoms with Crippen molar-refractivity contribution in [3.05, 3.63) is 35.9 Å². The first-order valence-corrected chi connectivity index (χ1v) is 13.6. The van der Waals surface area contributed by atoms with Crippen LogP contribution in [0.2, 0.25) is 0 Å². The molecule has 1 aromatic rings. The van der Waals surface area contributed by atoms with Crippen molar-refractivity contribution in [2.24, 2.45) is 0 Å². The number of nitrogens with zero attached hydrogens (tertiary/aromatic N) is 1. The van der Waals surface area contributed by atoms with Gasteiger partial charge in [-0.05, 0) is 30.2 Å². The highest BCUT2D eigenvalue weighted by Gasteiger charge is 2.20. The normalized spacial score (nSPS) is 13.4. The highest BCUT2D eigenvalue weighted by Crippen LogP contribution is 2.16. The van der Waals surface area contributed by atoms with E-state index in [1.807, 2.05) is 24.3 Å². The van der Waals surface area contributed by atoms with E-state index in [9.17, 15) is 0 Å². The minimum absolute atomic E-state index is 0. The lowest BCUT2D eigenvalue weighted by molar-refractivity contribution is -0.519. The van der Waals surface area contributed by atoms with Crippen LogP contribution in [0.5, 0.6) is 5.75 Å². The second kappa shape index (κ2) is 20.8. The zero-order valence-electron chi connectivity index (χ0n) is 21.5. The van der Waals surface area contributed by atoms with Gasteiger partial charge in [0.1, 0.15) is 12.4 Å². The number of unbranched alkanes of at least 4 members (excludes halogenated alkanes) is 13. The molecule has 0 amide bonds. The molecule has 1 aromatic carbocycles. The highest BCUT2D eigenvalue weighted by molar-refractivity contribution is 5.88. The molecule has 0 spiro atoms. The quantitative estimate of drug-likeness (QED) is 0.220. The van der Waals surface area contributed by atoms with Crippen LogP contribution in [0.4, 0.5) is 0 Å². The van der Waals surface area contributed by atoms with Crippen LogP contribution < -0.4 is 17.1 Å². The van der Waals surface area contributed by atoms with Crippen LogP contribution in [0.1, 0.15) is 102 Å². The van der Waals surface area contributed by atoms with E-state index in [2.05, 4.69) is 23.6 Å². The summed E-state index contributed by atoms with van der Waals surface area (Å²) in [6.45, 7) is 5.37. The lowest BCUT2D eigenvalue weighted by atomic mass is 10.0. The van der Waals surface area contributed by atoms with E-state index in [1.165, 1.54) is 83.5 Å². The molecule has 0 fully saturated rings. The second-order valence-electron chi connectivity index (χ2n) is 9.24. The molecule has 0 aromatic heterocycles. The minimum Gasteiger partial charge on any atom is -1.00 e. The number of β-amino-alcohol motifs (C(OH)–C–C–N with tert-alkyl or cyclic N) is 1. The van der Waals surface area contributed by atoms with Crippen LogP contribution in [-0.2, 0) is 4.74 Å². The molecule has 0 saturated carbocycles. The Kier molecular flexibility index (Phi) is 18.7. The minimum atomic E-state index is 0. The maximum atomic E-state index is 9.12. The van der Waals surface area contributed by atoms with E-state index in [1.54, 1.807) is 0 Å². The Morgan fingerprint density at radius 1 is 0.824 bits per heavy atom. The average Bonchev–Trinajstić information content (AvgIpc) is 3.28. The Balaban J connectivity index is 0.00000578. The third-order valence-corrected chi connectivity index (χ3v) is 6.36. The van der Waals surface area contributed by atoms with Crippen LogP contribution in [-0.4, -0.2) is 48.5 Å². The van der Waals surface area contributed by atoms with Gasteiger partial charge in [-0.25, -0.2) is 0 Å². The monoisotopic (exact) mass is 493 g/mol. The molecule has 2 rings (SSSR count). The molecule has 0 saturated heterocycles. The molecule has 0 radical (unpaired) electrons. The van der Waals surface area contributed by atoms with Crippen LogP contribution in [0.15, 0.2) is 30.3 Å². The third-order valence-electron chi connectivity index (χ3n) is 6.36. The molecular weight excluding hydrogens is 446 g/mol. The van der Waals surface area contributed by atoms with E-state index in [4.69, 9.17) is 14.6 Å². The molecule has 1 aliphatic rings. The van der Waals surface area contributed by atoms with Crippen LogP contribution in [0.3, 0.4) is 0 Å². The van der Waals surface area contributed by atoms with Crippen molar-refractivity contribution in [1.82, 2.24) is 0 Å². The van der Waals surface area contributed by atoms with E-state index in [0.29, 0.717) is 13.2 Å². The van der Waals surface area contributed by atoms with Gasteiger partial charge in [0.25, 0.3) is 0 Å². The number of rotatable bonds is 20.